The van der Waals surface area contributed by atoms with Crippen LogP contribution in [-0.2, 0) is 9.47 Å². The second-order valence-corrected chi connectivity index (χ2v) is 7.72. The lowest BCUT2D eigenvalue weighted by Gasteiger charge is -2.19. The van der Waals surface area contributed by atoms with Crippen molar-refractivity contribution in [2.45, 2.75) is 58.6 Å². The summed E-state index contributed by atoms with van der Waals surface area (Å²) in [6.07, 6.45) is -0.222. The molecule has 1 N–H and O–H groups in total. The lowest BCUT2D eigenvalue weighted by Crippen LogP contribution is -2.34. The lowest BCUT2D eigenvalue weighted by molar-refractivity contribution is 0.0522. The molecule has 1 amide bonds. The van der Waals surface area contributed by atoms with E-state index in [0.717, 1.165) is 12.0 Å². The first-order valence-electron chi connectivity index (χ1n) is 8.58. The SMILES string of the molecule is CC(C)COC(=O)Oc1ccc([C@@H]2C[C@H]2NC(=O)OC(C)(C)C)cc1. The molecule has 0 aliphatic heterocycles. The van der Waals surface area contributed by atoms with Crippen LogP contribution in [0.15, 0.2) is 24.3 Å². The van der Waals surface area contributed by atoms with E-state index in [1.54, 1.807) is 12.1 Å². The molecule has 6 heteroatoms. The predicted octanol–water partition coefficient (Wildman–Crippen LogP) is 4.24. The molecule has 2 atom stereocenters. The van der Waals surface area contributed by atoms with Crippen molar-refractivity contribution in [2.24, 2.45) is 5.92 Å². The standard InChI is InChI=1S/C19H27NO5/c1-12(2)11-23-18(22)24-14-8-6-13(7-9-14)15-10-16(15)20-17(21)25-19(3,4)5/h6-9,12,15-16H,10-11H2,1-5H3,(H,20,21)/t15-,16+/m0/s1. The van der Waals surface area contributed by atoms with E-state index in [2.05, 4.69) is 5.32 Å². The fraction of sp³-hybridized carbons (Fsp3) is 0.579. The third-order valence-electron chi connectivity index (χ3n) is 3.54. The Morgan fingerprint density at radius 1 is 1.20 bits per heavy atom. The van der Waals surface area contributed by atoms with Crippen molar-refractivity contribution in [1.82, 2.24) is 5.32 Å². The number of amides is 1. The highest BCUT2D eigenvalue weighted by atomic mass is 16.7. The van der Waals surface area contributed by atoms with Crippen molar-refractivity contribution < 1.29 is 23.8 Å². The topological polar surface area (TPSA) is 73.9 Å². The van der Waals surface area contributed by atoms with Crippen molar-refractivity contribution in [2.75, 3.05) is 6.61 Å². The van der Waals surface area contributed by atoms with Gasteiger partial charge in [0.15, 0.2) is 0 Å². The van der Waals surface area contributed by atoms with E-state index in [-0.39, 0.29) is 17.9 Å². The van der Waals surface area contributed by atoms with Crippen LogP contribution in [0.4, 0.5) is 9.59 Å². The highest BCUT2D eigenvalue weighted by Crippen LogP contribution is 2.41. The summed E-state index contributed by atoms with van der Waals surface area (Å²) in [6, 6.07) is 7.33. The molecule has 6 nitrogen and oxygen atoms in total. The number of alkyl carbamates (subject to hydrolysis) is 1. The summed E-state index contributed by atoms with van der Waals surface area (Å²) in [4.78, 5) is 23.3. The highest BCUT2D eigenvalue weighted by molar-refractivity contribution is 5.69. The van der Waals surface area contributed by atoms with Crippen molar-refractivity contribution in [3.63, 3.8) is 0 Å². The van der Waals surface area contributed by atoms with Gasteiger partial charge in [-0.3, -0.25) is 0 Å². The van der Waals surface area contributed by atoms with Crippen molar-refractivity contribution in [3.05, 3.63) is 29.8 Å². The van der Waals surface area contributed by atoms with Crippen LogP contribution < -0.4 is 10.1 Å². The number of benzene rings is 1. The largest absolute Gasteiger partial charge is 0.513 e. The minimum Gasteiger partial charge on any atom is -0.444 e. The Bertz CT molecular complexity index is 603. The number of ether oxygens (including phenoxy) is 3. The summed E-state index contributed by atoms with van der Waals surface area (Å²) < 4.78 is 15.3. The molecule has 1 aromatic rings. The zero-order chi connectivity index (χ0) is 18.6. The fourth-order valence-corrected chi connectivity index (χ4v) is 2.33. The molecule has 0 aromatic heterocycles. The first-order chi connectivity index (χ1) is 11.6. The van der Waals surface area contributed by atoms with Crippen LogP contribution in [0.3, 0.4) is 0 Å². The summed E-state index contributed by atoms with van der Waals surface area (Å²) in [5, 5.41) is 2.87. The van der Waals surface area contributed by atoms with E-state index in [4.69, 9.17) is 14.2 Å². The Morgan fingerprint density at radius 2 is 1.84 bits per heavy atom. The molecule has 1 aromatic carbocycles. The van der Waals surface area contributed by atoms with Gasteiger partial charge in [-0.15, -0.1) is 0 Å². The third-order valence-corrected chi connectivity index (χ3v) is 3.54. The van der Waals surface area contributed by atoms with E-state index >= 15 is 0 Å². The van der Waals surface area contributed by atoms with Gasteiger partial charge in [-0.2, -0.15) is 0 Å². The molecule has 138 valence electrons. The second-order valence-electron chi connectivity index (χ2n) is 7.72. The van der Waals surface area contributed by atoms with Crippen molar-refractivity contribution in [1.29, 1.82) is 0 Å². The molecule has 1 saturated carbocycles. The molecule has 0 bridgehead atoms. The van der Waals surface area contributed by atoms with Crippen molar-refractivity contribution in [3.8, 4) is 5.75 Å². The lowest BCUT2D eigenvalue weighted by atomic mass is 10.1. The summed E-state index contributed by atoms with van der Waals surface area (Å²) in [5.74, 6) is 0.962. The molecule has 0 radical (unpaired) electrons. The Kier molecular flexibility index (Phi) is 5.93. The van der Waals surface area contributed by atoms with Gasteiger partial charge in [0.1, 0.15) is 11.4 Å². The van der Waals surface area contributed by atoms with Crippen LogP contribution >= 0.6 is 0 Å². The summed E-state index contributed by atoms with van der Waals surface area (Å²) in [7, 11) is 0. The maximum absolute atomic E-state index is 11.8. The van der Waals surface area contributed by atoms with Crippen LogP contribution in [0.25, 0.3) is 0 Å². The Morgan fingerprint density at radius 3 is 2.40 bits per heavy atom. The Hall–Kier alpha value is -2.24. The minimum absolute atomic E-state index is 0.0811. The van der Waals surface area contributed by atoms with Crippen LogP contribution in [0, 0.1) is 5.92 Å². The zero-order valence-electron chi connectivity index (χ0n) is 15.5. The number of carbonyl (C=O) groups is 2. The van der Waals surface area contributed by atoms with Gasteiger partial charge in [0.05, 0.1) is 6.61 Å². The Labute approximate surface area is 148 Å². The van der Waals surface area contributed by atoms with E-state index in [1.807, 2.05) is 46.8 Å². The number of hydrogen-bond acceptors (Lipinski definition) is 5. The van der Waals surface area contributed by atoms with E-state index in [1.165, 1.54) is 0 Å². The zero-order valence-corrected chi connectivity index (χ0v) is 15.5. The van der Waals surface area contributed by atoms with Gasteiger partial charge in [0.25, 0.3) is 0 Å². The van der Waals surface area contributed by atoms with E-state index in [0.29, 0.717) is 12.4 Å². The number of carbonyl (C=O) groups excluding carboxylic acids is 2. The maximum atomic E-state index is 11.8. The third kappa shape index (κ3) is 6.64. The molecule has 0 saturated heterocycles. The monoisotopic (exact) mass is 349 g/mol. The highest BCUT2D eigenvalue weighted by Gasteiger charge is 2.40. The number of nitrogens with one attached hydrogen (secondary N) is 1. The molecular weight excluding hydrogens is 322 g/mol. The quantitative estimate of drug-likeness (QED) is 0.636. The van der Waals surface area contributed by atoms with E-state index in [9.17, 15) is 9.59 Å². The molecule has 0 spiro atoms. The van der Waals surface area contributed by atoms with Gasteiger partial charge in [-0.25, -0.2) is 9.59 Å². The van der Waals surface area contributed by atoms with Crippen LogP contribution in [0.2, 0.25) is 0 Å². The smallest absolute Gasteiger partial charge is 0.444 e. The van der Waals surface area contributed by atoms with Gasteiger partial charge in [-0.1, -0.05) is 26.0 Å². The molecule has 0 unspecified atom stereocenters. The maximum Gasteiger partial charge on any atom is 0.513 e. The van der Waals surface area contributed by atoms with Crippen molar-refractivity contribution >= 4 is 12.2 Å². The number of rotatable bonds is 5. The minimum atomic E-state index is -0.697. The molecule has 1 aliphatic rings. The van der Waals surface area contributed by atoms with Gasteiger partial charge < -0.3 is 19.5 Å². The van der Waals surface area contributed by atoms with Gasteiger partial charge in [0.2, 0.25) is 0 Å². The fourth-order valence-electron chi connectivity index (χ4n) is 2.33. The Balaban J connectivity index is 1.79. The summed E-state index contributed by atoms with van der Waals surface area (Å²) in [5.41, 5.74) is 0.585. The number of hydrogen-bond donors (Lipinski definition) is 1. The summed E-state index contributed by atoms with van der Waals surface area (Å²) >= 11 is 0. The van der Waals surface area contributed by atoms with E-state index < -0.39 is 17.8 Å². The molecule has 25 heavy (non-hydrogen) atoms. The summed E-state index contributed by atoms with van der Waals surface area (Å²) in [6.45, 7) is 9.75. The van der Waals surface area contributed by atoms with Gasteiger partial charge in [-0.05, 0) is 50.8 Å². The molecular formula is C19H27NO5. The van der Waals surface area contributed by atoms with Gasteiger partial charge >= 0.3 is 12.2 Å². The van der Waals surface area contributed by atoms with Crippen LogP contribution in [0.1, 0.15) is 52.5 Å². The van der Waals surface area contributed by atoms with Crippen LogP contribution in [-0.4, -0.2) is 30.5 Å². The molecule has 1 aliphatic carbocycles. The van der Waals surface area contributed by atoms with Gasteiger partial charge in [0, 0.05) is 12.0 Å². The first-order valence-corrected chi connectivity index (χ1v) is 8.58. The molecule has 1 fully saturated rings. The average molecular weight is 349 g/mol. The first kappa shape index (κ1) is 19.1. The molecule has 2 rings (SSSR count). The second kappa shape index (κ2) is 7.76. The average Bonchev–Trinajstić information content (AvgIpc) is 3.23. The predicted molar refractivity (Wildman–Crippen MR) is 93.8 cm³/mol. The normalized spacial score (nSPS) is 19.3. The molecule has 0 heterocycles. The van der Waals surface area contributed by atoms with Crippen LogP contribution in [0.5, 0.6) is 5.75 Å².